The number of carbonyl (C=O) groups is 2. The maximum atomic E-state index is 13.3. The fraction of sp³-hybridized carbons (Fsp3) is 0.391. The Bertz CT molecular complexity index is 1080. The zero-order valence-corrected chi connectivity index (χ0v) is 20.1. The van der Waals surface area contributed by atoms with Crippen molar-refractivity contribution in [2.24, 2.45) is 0 Å². The molecule has 33 heavy (non-hydrogen) atoms. The van der Waals surface area contributed by atoms with Gasteiger partial charge in [-0.05, 0) is 69.7 Å². The summed E-state index contributed by atoms with van der Waals surface area (Å²) in [7, 11) is -3.90. The fourth-order valence-electron chi connectivity index (χ4n) is 3.06. The second-order valence-corrected chi connectivity index (χ2v) is 10.7. The molecule has 10 heteroatoms. The number of benzene rings is 2. The average molecular weight is 482 g/mol. The molecule has 0 spiro atoms. The molecule has 0 fully saturated rings. The monoisotopic (exact) mass is 481 g/mol. The maximum absolute atomic E-state index is 13.3. The van der Waals surface area contributed by atoms with Crippen LogP contribution in [-0.4, -0.2) is 49.5 Å². The zero-order chi connectivity index (χ0) is 25.0. The molecule has 0 radical (unpaired) electrons. The van der Waals surface area contributed by atoms with Gasteiger partial charge < -0.3 is 10.2 Å². The van der Waals surface area contributed by atoms with Crippen molar-refractivity contribution in [1.82, 2.24) is 10.2 Å². The number of hydrogen-bond acceptors (Lipinski definition) is 4. The van der Waals surface area contributed by atoms with Crippen molar-refractivity contribution < 1.29 is 26.8 Å². The van der Waals surface area contributed by atoms with Gasteiger partial charge in [0.2, 0.25) is 21.8 Å². The van der Waals surface area contributed by atoms with Crippen molar-refractivity contribution in [1.29, 1.82) is 0 Å². The van der Waals surface area contributed by atoms with Gasteiger partial charge in [-0.2, -0.15) is 0 Å². The SMILES string of the molecule is C[C@@H](C(=O)NC(C)(C)C)N(Cc1ccc(F)cc1)C(=O)CN(c1ccc(F)cc1)S(C)(=O)=O. The van der Waals surface area contributed by atoms with Crippen LogP contribution < -0.4 is 9.62 Å². The number of rotatable bonds is 8. The summed E-state index contributed by atoms with van der Waals surface area (Å²) < 4.78 is 52.3. The second-order valence-electron chi connectivity index (χ2n) is 8.81. The first-order chi connectivity index (χ1) is 15.2. The van der Waals surface area contributed by atoms with E-state index in [1.807, 2.05) is 0 Å². The average Bonchev–Trinajstić information content (AvgIpc) is 2.69. The molecule has 0 aliphatic carbocycles. The predicted octanol–water partition coefficient (Wildman–Crippen LogP) is 3.06. The molecule has 2 amide bonds. The summed E-state index contributed by atoms with van der Waals surface area (Å²) in [6.07, 6.45) is 0.934. The van der Waals surface area contributed by atoms with Crippen molar-refractivity contribution in [3.05, 3.63) is 65.7 Å². The van der Waals surface area contributed by atoms with Crippen LogP contribution >= 0.6 is 0 Å². The minimum Gasteiger partial charge on any atom is -0.350 e. The Balaban J connectivity index is 2.38. The summed E-state index contributed by atoms with van der Waals surface area (Å²) in [6.45, 7) is 6.28. The minimum absolute atomic E-state index is 0.0428. The molecule has 0 bridgehead atoms. The molecule has 0 aliphatic rings. The van der Waals surface area contributed by atoms with E-state index < -0.39 is 51.6 Å². The third kappa shape index (κ3) is 7.81. The first-order valence-corrected chi connectivity index (χ1v) is 12.1. The van der Waals surface area contributed by atoms with E-state index in [0.29, 0.717) is 5.56 Å². The molecule has 0 saturated carbocycles. The molecular weight excluding hydrogens is 452 g/mol. The van der Waals surface area contributed by atoms with Crippen LogP contribution in [0.25, 0.3) is 0 Å². The lowest BCUT2D eigenvalue weighted by Gasteiger charge is -2.33. The summed E-state index contributed by atoms with van der Waals surface area (Å²) in [5.41, 5.74) is 0.122. The lowest BCUT2D eigenvalue weighted by atomic mass is 10.1. The third-order valence-electron chi connectivity index (χ3n) is 4.73. The molecular formula is C23H29F2N3O4S. The van der Waals surface area contributed by atoms with E-state index in [1.165, 1.54) is 48.2 Å². The number of hydrogen-bond donors (Lipinski definition) is 1. The summed E-state index contributed by atoms with van der Waals surface area (Å²) in [4.78, 5) is 27.3. The molecule has 0 saturated heterocycles. The molecule has 0 aromatic heterocycles. The number of carbonyl (C=O) groups excluding carboxylic acids is 2. The highest BCUT2D eigenvalue weighted by molar-refractivity contribution is 7.92. The van der Waals surface area contributed by atoms with Crippen LogP contribution in [0, 0.1) is 11.6 Å². The summed E-state index contributed by atoms with van der Waals surface area (Å²) in [5, 5.41) is 2.80. The van der Waals surface area contributed by atoms with Gasteiger partial charge in [0.25, 0.3) is 0 Å². The second kappa shape index (κ2) is 10.3. The highest BCUT2D eigenvalue weighted by atomic mass is 32.2. The molecule has 180 valence electrons. The Morgan fingerprint density at radius 1 is 0.970 bits per heavy atom. The Kier molecular flexibility index (Phi) is 8.18. The van der Waals surface area contributed by atoms with E-state index in [0.717, 1.165) is 22.7 Å². The molecule has 2 rings (SSSR count). The fourth-order valence-corrected chi connectivity index (χ4v) is 3.91. The smallest absolute Gasteiger partial charge is 0.244 e. The molecule has 2 aromatic rings. The first kappa shape index (κ1) is 26.2. The van der Waals surface area contributed by atoms with E-state index in [1.54, 1.807) is 20.8 Å². The van der Waals surface area contributed by atoms with Crippen LogP contribution in [0.1, 0.15) is 33.3 Å². The van der Waals surface area contributed by atoms with E-state index >= 15 is 0 Å². The minimum atomic E-state index is -3.90. The molecule has 0 unspecified atom stereocenters. The quantitative estimate of drug-likeness (QED) is 0.628. The van der Waals surface area contributed by atoms with E-state index in [2.05, 4.69) is 5.32 Å². The van der Waals surface area contributed by atoms with Crippen LogP contribution in [0.4, 0.5) is 14.5 Å². The lowest BCUT2D eigenvalue weighted by molar-refractivity contribution is -0.140. The molecule has 2 aromatic carbocycles. The standard InChI is InChI=1S/C23H29F2N3O4S/c1-16(22(30)26-23(2,3)4)27(14-17-6-8-18(24)9-7-17)21(29)15-28(33(5,31)32)20-12-10-19(25)11-13-20/h6-13,16H,14-15H2,1-5H3,(H,26,30)/t16-/m0/s1. The van der Waals surface area contributed by atoms with E-state index in [4.69, 9.17) is 0 Å². The van der Waals surface area contributed by atoms with Gasteiger partial charge >= 0.3 is 0 Å². The number of halogens is 2. The molecule has 7 nitrogen and oxygen atoms in total. The van der Waals surface area contributed by atoms with Crippen molar-refractivity contribution in [3.8, 4) is 0 Å². The van der Waals surface area contributed by atoms with E-state index in [-0.39, 0.29) is 12.2 Å². The van der Waals surface area contributed by atoms with Crippen LogP contribution in [0.5, 0.6) is 0 Å². The summed E-state index contributed by atoms with van der Waals surface area (Å²) in [6, 6.07) is 9.18. The number of nitrogens with one attached hydrogen (secondary N) is 1. The first-order valence-electron chi connectivity index (χ1n) is 10.3. The van der Waals surface area contributed by atoms with Crippen molar-refractivity contribution in [2.75, 3.05) is 17.1 Å². The van der Waals surface area contributed by atoms with Crippen molar-refractivity contribution >= 4 is 27.5 Å². The Morgan fingerprint density at radius 3 is 1.91 bits per heavy atom. The Labute approximate surface area is 193 Å². The van der Waals surface area contributed by atoms with Crippen LogP contribution in [-0.2, 0) is 26.2 Å². The normalized spacial score (nSPS) is 12.7. The van der Waals surface area contributed by atoms with Gasteiger partial charge in [0.15, 0.2) is 0 Å². The topological polar surface area (TPSA) is 86.8 Å². The zero-order valence-electron chi connectivity index (χ0n) is 19.3. The highest BCUT2D eigenvalue weighted by Gasteiger charge is 2.31. The van der Waals surface area contributed by atoms with Crippen LogP contribution in [0.15, 0.2) is 48.5 Å². The van der Waals surface area contributed by atoms with E-state index in [9.17, 15) is 26.8 Å². The van der Waals surface area contributed by atoms with Gasteiger partial charge in [0, 0.05) is 12.1 Å². The molecule has 0 aliphatic heterocycles. The number of anilines is 1. The van der Waals surface area contributed by atoms with Crippen LogP contribution in [0.3, 0.4) is 0 Å². The summed E-state index contributed by atoms with van der Waals surface area (Å²) >= 11 is 0. The van der Waals surface area contributed by atoms with Crippen molar-refractivity contribution in [2.45, 2.75) is 45.8 Å². The van der Waals surface area contributed by atoms with Gasteiger partial charge in [-0.3, -0.25) is 13.9 Å². The largest absolute Gasteiger partial charge is 0.350 e. The molecule has 1 N–H and O–H groups in total. The Hall–Kier alpha value is -3.01. The molecule has 1 atom stereocenters. The summed E-state index contributed by atoms with van der Waals surface area (Å²) in [5.74, 6) is -2.07. The maximum Gasteiger partial charge on any atom is 0.244 e. The van der Waals surface area contributed by atoms with Crippen molar-refractivity contribution in [3.63, 3.8) is 0 Å². The van der Waals surface area contributed by atoms with Gasteiger partial charge in [0.1, 0.15) is 24.2 Å². The van der Waals surface area contributed by atoms with Gasteiger partial charge in [-0.1, -0.05) is 12.1 Å². The van der Waals surface area contributed by atoms with Gasteiger partial charge in [-0.15, -0.1) is 0 Å². The highest BCUT2D eigenvalue weighted by Crippen LogP contribution is 2.20. The number of sulfonamides is 1. The number of amides is 2. The Morgan fingerprint density at radius 2 is 1.45 bits per heavy atom. The van der Waals surface area contributed by atoms with Crippen LogP contribution in [0.2, 0.25) is 0 Å². The van der Waals surface area contributed by atoms with Gasteiger partial charge in [0.05, 0.1) is 11.9 Å². The predicted molar refractivity (Wildman–Crippen MR) is 123 cm³/mol. The number of nitrogens with zero attached hydrogens (tertiary/aromatic N) is 2. The molecule has 0 heterocycles. The lowest BCUT2D eigenvalue weighted by Crippen LogP contribution is -2.54. The third-order valence-corrected chi connectivity index (χ3v) is 5.87. The van der Waals surface area contributed by atoms with Gasteiger partial charge in [-0.25, -0.2) is 17.2 Å².